The van der Waals surface area contributed by atoms with Gasteiger partial charge in [-0.1, -0.05) is 30.3 Å². The van der Waals surface area contributed by atoms with Crippen LogP contribution in [0.1, 0.15) is 22.8 Å². The molecule has 1 amide bonds. The fourth-order valence-electron chi connectivity index (χ4n) is 5.60. The minimum absolute atomic E-state index is 0.123. The molecule has 0 heterocycles. The number of benzene rings is 1. The SMILES string of the molecule is CN(C)C1(O)C(C(N)=O)=C(O)C(=O)C2C=C3C(=O)c4ccccc4C(C)(O)C3C(O)(O)C21. The third kappa shape index (κ3) is 2.49. The molecule has 32 heavy (non-hydrogen) atoms. The number of amides is 1. The van der Waals surface area contributed by atoms with E-state index in [4.69, 9.17) is 5.73 Å². The summed E-state index contributed by atoms with van der Waals surface area (Å²) < 4.78 is 0. The van der Waals surface area contributed by atoms with Crippen LogP contribution in [0.15, 0.2) is 47.2 Å². The number of primary amides is 1. The summed E-state index contributed by atoms with van der Waals surface area (Å²) in [6.45, 7) is 1.29. The van der Waals surface area contributed by atoms with Crippen LogP contribution in [0.5, 0.6) is 0 Å². The van der Waals surface area contributed by atoms with Crippen LogP contribution >= 0.6 is 0 Å². The van der Waals surface area contributed by atoms with E-state index in [-0.39, 0.29) is 16.7 Å². The van der Waals surface area contributed by atoms with E-state index in [1.807, 2.05) is 0 Å². The van der Waals surface area contributed by atoms with Crippen LogP contribution in [-0.2, 0) is 15.2 Å². The van der Waals surface area contributed by atoms with Gasteiger partial charge < -0.3 is 31.3 Å². The van der Waals surface area contributed by atoms with Crippen molar-refractivity contribution in [1.29, 1.82) is 0 Å². The number of carbonyl (C=O) groups excluding carboxylic acids is 3. The van der Waals surface area contributed by atoms with Crippen molar-refractivity contribution in [2.45, 2.75) is 24.0 Å². The lowest BCUT2D eigenvalue weighted by molar-refractivity contribution is -0.314. The summed E-state index contributed by atoms with van der Waals surface area (Å²) in [6, 6.07) is 6.09. The fraction of sp³-hybridized carbons (Fsp3) is 0.409. The zero-order valence-electron chi connectivity index (χ0n) is 17.6. The first-order valence-corrected chi connectivity index (χ1v) is 9.90. The molecule has 3 aliphatic rings. The largest absolute Gasteiger partial charge is 0.504 e. The van der Waals surface area contributed by atoms with Crippen LogP contribution in [0.4, 0.5) is 0 Å². The average Bonchev–Trinajstić information content (AvgIpc) is 2.68. The Morgan fingerprint density at radius 3 is 2.25 bits per heavy atom. The van der Waals surface area contributed by atoms with Crippen molar-refractivity contribution in [2.24, 2.45) is 23.5 Å². The number of carbonyl (C=O) groups is 3. The molecule has 10 heteroatoms. The van der Waals surface area contributed by atoms with E-state index in [1.165, 1.54) is 33.2 Å². The number of Topliss-reactive ketones (excluding diaryl/α,β-unsaturated/α-hetero) is 2. The number of hydrogen-bond donors (Lipinski definition) is 6. The molecule has 4 rings (SSSR count). The number of aliphatic hydroxyl groups is 5. The zero-order chi connectivity index (χ0) is 24.0. The molecule has 5 atom stereocenters. The third-order valence-electron chi connectivity index (χ3n) is 6.96. The quantitative estimate of drug-likeness (QED) is 0.302. The summed E-state index contributed by atoms with van der Waals surface area (Å²) in [6.07, 6.45) is 1.12. The number of fused-ring (bicyclic) bond motifs is 3. The van der Waals surface area contributed by atoms with Gasteiger partial charge in [0.25, 0.3) is 5.91 Å². The summed E-state index contributed by atoms with van der Waals surface area (Å²) in [4.78, 5) is 39.3. The van der Waals surface area contributed by atoms with Gasteiger partial charge in [-0.2, -0.15) is 0 Å². The summed E-state index contributed by atoms with van der Waals surface area (Å²) in [7, 11) is 2.58. The number of nitrogens with two attached hydrogens (primary N) is 1. The number of aliphatic hydroxyl groups excluding tert-OH is 1. The molecule has 7 N–H and O–H groups in total. The Bertz CT molecular complexity index is 1130. The van der Waals surface area contributed by atoms with Gasteiger partial charge in [-0.3, -0.25) is 19.3 Å². The Hall–Kier alpha value is -2.89. The Morgan fingerprint density at radius 1 is 1.09 bits per heavy atom. The van der Waals surface area contributed by atoms with Gasteiger partial charge >= 0.3 is 0 Å². The van der Waals surface area contributed by atoms with Crippen LogP contribution in [0.2, 0.25) is 0 Å². The van der Waals surface area contributed by atoms with Gasteiger partial charge in [-0.25, -0.2) is 0 Å². The van der Waals surface area contributed by atoms with E-state index in [0.29, 0.717) is 0 Å². The molecule has 1 aromatic carbocycles. The van der Waals surface area contributed by atoms with Crippen LogP contribution in [0.25, 0.3) is 0 Å². The Morgan fingerprint density at radius 2 is 1.69 bits per heavy atom. The highest BCUT2D eigenvalue weighted by Crippen LogP contribution is 2.58. The van der Waals surface area contributed by atoms with Crippen LogP contribution in [0, 0.1) is 17.8 Å². The first kappa shape index (κ1) is 22.3. The van der Waals surface area contributed by atoms with Gasteiger partial charge in [-0.15, -0.1) is 0 Å². The monoisotopic (exact) mass is 444 g/mol. The number of allylic oxidation sites excluding steroid dienone is 2. The Balaban J connectivity index is 2.07. The molecule has 0 aliphatic heterocycles. The first-order chi connectivity index (χ1) is 14.7. The molecule has 0 aromatic heterocycles. The van der Waals surface area contributed by atoms with Gasteiger partial charge in [0.2, 0.25) is 5.78 Å². The van der Waals surface area contributed by atoms with Crippen molar-refractivity contribution >= 4 is 17.5 Å². The second kappa shape index (κ2) is 6.56. The minimum atomic E-state index is -3.09. The molecule has 170 valence electrons. The molecule has 5 unspecified atom stereocenters. The van der Waals surface area contributed by atoms with E-state index in [1.54, 1.807) is 12.1 Å². The maximum atomic E-state index is 13.2. The molecule has 0 bridgehead atoms. The smallest absolute Gasteiger partial charge is 0.252 e. The van der Waals surface area contributed by atoms with Gasteiger partial charge in [0.1, 0.15) is 5.57 Å². The first-order valence-electron chi connectivity index (χ1n) is 9.90. The van der Waals surface area contributed by atoms with Crippen LogP contribution in [-0.4, -0.2) is 73.5 Å². The molecule has 0 fully saturated rings. The lowest BCUT2D eigenvalue weighted by Gasteiger charge is -2.58. The third-order valence-corrected chi connectivity index (χ3v) is 6.96. The number of ketones is 2. The van der Waals surface area contributed by atoms with E-state index in [0.717, 1.165) is 11.0 Å². The van der Waals surface area contributed by atoms with Crippen molar-refractivity contribution in [2.75, 3.05) is 14.1 Å². The number of nitrogens with zero attached hydrogens (tertiary/aromatic N) is 1. The molecule has 1 aromatic rings. The number of rotatable bonds is 2. The predicted molar refractivity (Wildman–Crippen MR) is 109 cm³/mol. The highest BCUT2D eigenvalue weighted by Gasteiger charge is 2.70. The number of likely N-dealkylation sites (N-methyl/N-ethyl adjacent to an activating group) is 1. The Labute approximate surface area is 182 Å². The molecule has 0 radical (unpaired) electrons. The Kier molecular flexibility index (Phi) is 4.57. The molecule has 0 saturated heterocycles. The topological polar surface area (TPSA) is 182 Å². The standard InChI is InChI=1S/C22H24N2O8/c1-20(29)12-7-5-4-6-9(12)14(25)10-8-11-15(26)16(27)13(19(23)28)21(30,24(2)3)18(11)22(31,32)17(10)20/h4-8,11,17-18,27,29-32H,1-3H3,(H2,23,28). The predicted octanol–water partition coefficient (Wildman–Crippen LogP) is -1.31. The average molecular weight is 444 g/mol. The van der Waals surface area contributed by atoms with Crippen molar-refractivity contribution < 1.29 is 39.9 Å². The molecular weight excluding hydrogens is 420 g/mol. The van der Waals surface area contributed by atoms with E-state index in [9.17, 15) is 39.9 Å². The second-order valence-corrected chi connectivity index (χ2v) is 8.94. The summed E-state index contributed by atoms with van der Waals surface area (Å²) in [5.74, 6) is -12.5. The second-order valence-electron chi connectivity index (χ2n) is 8.94. The van der Waals surface area contributed by atoms with Crippen molar-refractivity contribution in [3.05, 3.63) is 58.4 Å². The van der Waals surface area contributed by atoms with Gasteiger partial charge in [-0.05, 0) is 26.6 Å². The maximum absolute atomic E-state index is 13.2. The molecular formula is C22H24N2O8. The molecule has 3 aliphatic carbocycles. The summed E-state index contributed by atoms with van der Waals surface area (Å²) in [5, 5.41) is 56.3. The lowest BCUT2D eigenvalue weighted by atomic mass is 9.53. The van der Waals surface area contributed by atoms with E-state index in [2.05, 4.69) is 0 Å². The van der Waals surface area contributed by atoms with Crippen LogP contribution in [0.3, 0.4) is 0 Å². The lowest BCUT2D eigenvalue weighted by Crippen LogP contribution is -2.72. The van der Waals surface area contributed by atoms with E-state index < -0.39 is 63.7 Å². The molecule has 0 saturated carbocycles. The van der Waals surface area contributed by atoms with E-state index >= 15 is 0 Å². The summed E-state index contributed by atoms with van der Waals surface area (Å²) >= 11 is 0. The maximum Gasteiger partial charge on any atom is 0.252 e. The minimum Gasteiger partial charge on any atom is -0.504 e. The zero-order valence-corrected chi connectivity index (χ0v) is 17.6. The fourth-order valence-corrected chi connectivity index (χ4v) is 5.60. The normalized spacial score (nSPS) is 35.8. The van der Waals surface area contributed by atoms with Gasteiger partial charge in [0.15, 0.2) is 23.1 Å². The van der Waals surface area contributed by atoms with Crippen LogP contribution < -0.4 is 5.73 Å². The molecule has 0 spiro atoms. The van der Waals surface area contributed by atoms with Crippen molar-refractivity contribution in [1.82, 2.24) is 4.90 Å². The van der Waals surface area contributed by atoms with Gasteiger partial charge in [0.05, 0.1) is 23.4 Å². The number of hydrogen-bond acceptors (Lipinski definition) is 9. The highest BCUT2D eigenvalue weighted by molar-refractivity contribution is 6.14. The highest BCUT2D eigenvalue weighted by atomic mass is 16.5. The van der Waals surface area contributed by atoms with Crippen molar-refractivity contribution in [3.8, 4) is 0 Å². The van der Waals surface area contributed by atoms with Gasteiger partial charge in [0, 0.05) is 11.1 Å². The summed E-state index contributed by atoms with van der Waals surface area (Å²) in [5.41, 5.74) is -0.166. The molecule has 10 nitrogen and oxygen atoms in total. The van der Waals surface area contributed by atoms with Crippen molar-refractivity contribution in [3.63, 3.8) is 0 Å².